The number of para-hydroxylation sites is 1. The molecule has 392 valence electrons. The van der Waals surface area contributed by atoms with E-state index >= 15 is 0 Å². The summed E-state index contributed by atoms with van der Waals surface area (Å²) in [6.07, 6.45) is 7.71. The number of carbonyl (C=O) groups is 8. The van der Waals surface area contributed by atoms with E-state index in [0.29, 0.717) is 38.0 Å². The number of aromatic amines is 2. The van der Waals surface area contributed by atoms with Crippen LogP contribution in [0.3, 0.4) is 0 Å². The number of nitrogens with two attached hydrogens (primary N) is 2. The molecule has 1 aromatic carbocycles. The first-order valence-electron chi connectivity index (χ1n) is 24.8. The molecule has 8 amide bonds. The zero-order chi connectivity index (χ0) is 52.2. The van der Waals surface area contributed by atoms with Gasteiger partial charge in [-0.2, -0.15) is 0 Å². The summed E-state index contributed by atoms with van der Waals surface area (Å²) in [4.78, 5) is 120. The van der Waals surface area contributed by atoms with Gasteiger partial charge in [-0.25, -0.2) is 4.98 Å². The van der Waals surface area contributed by atoms with Gasteiger partial charge < -0.3 is 69.1 Å². The molecule has 3 aromatic rings. The lowest BCUT2D eigenvalue weighted by atomic mass is 10.00. The molecular formula is C49H77N13O9. The number of amides is 8. The van der Waals surface area contributed by atoms with Gasteiger partial charge in [-0.15, -0.1) is 0 Å². The van der Waals surface area contributed by atoms with Crippen molar-refractivity contribution in [3.05, 3.63) is 54.2 Å². The molecule has 4 rings (SSSR count). The summed E-state index contributed by atoms with van der Waals surface area (Å²) in [5, 5.41) is 33.4. The summed E-state index contributed by atoms with van der Waals surface area (Å²) in [7, 11) is 0. The highest BCUT2D eigenvalue weighted by Gasteiger charge is 2.35. The number of fused-ring (bicyclic) bond motifs is 1. The number of unbranched alkanes of at least 4 members (excludes halogenated alkanes) is 1. The lowest BCUT2D eigenvalue weighted by Gasteiger charge is -2.28. The van der Waals surface area contributed by atoms with Gasteiger partial charge in [0.2, 0.25) is 47.3 Å². The molecule has 1 saturated heterocycles. The second-order valence-electron chi connectivity index (χ2n) is 19.7. The van der Waals surface area contributed by atoms with Crippen molar-refractivity contribution in [3.8, 4) is 0 Å². The summed E-state index contributed by atoms with van der Waals surface area (Å²) >= 11 is 0. The lowest BCUT2D eigenvalue weighted by molar-refractivity contribution is -0.136. The third-order valence-electron chi connectivity index (χ3n) is 12.2. The summed E-state index contributed by atoms with van der Waals surface area (Å²) in [6.45, 7) is 11.1. The number of primary amides is 1. The molecule has 0 unspecified atom stereocenters. The maximum absolute atomic E-state index is 14.2. The zero-order valence-corrected chi connectivity index (χ0v) is 41.9. The number of nitrogens with one attached hydrogen (secondary N) is 10. The SMILES string of the molecule is CC(C)C[C@H](NC(=O)[C@H](Cc1cnc[nH]1)NC(=O)[C@H](CC(C)C)NC(=O)[C@H](CO)NC(=O)[C@H](CC(C)C)NC(=O)[C@H](CCCCN)NC(=O)[C@H](Cc1c[nH]c2ccccc12)NC(=O)[C@@H]1CCCN1)C(N)=O. The number of H-pyrrole nitrogens is 2. The number of carbonyl (C=O) groups excluding carboxylic acids is 8. The van der Waals surface area contributed by atoms with Crippen LogP contribution in [0.1, 0.15) is 104 Å². The minimum atomic E-state index is -1.59. The molecule has 15 N–H and O–H groups in total. The van der Waals surface area contributed by atoms with E-state index in [9.17, 15) is 43.5 Å². The molecule has 1 aliphatic rings. The van der Waals surface area contributed by atoms with Crippen LogP contribution >= 0.6 is 0 Å². The third-order valence-corrected chi connectivity index (χ3v) is 12.2. The van der Waals surface area contributed by atoms with Crippen molar-refractivity contribution < 1.29 is 43.5 Å². The van der Waals surface area contributed by atoms with Crippen molar-refractivity contribution in [2.45, 2.75) is 154 Å². The third kappa shape index (κ3) is 18.4. The molecule has 22 heteroatoms. The van der Waals surface area contributed by atoms with Crippen molar-refractivity contribution in [2.24, 2.45) is 29.2 Å². The second kappa shape index (κ2) is 28.5. The second-order valence-corrected chi connectivity index (χ2v) is 19.7. The van der Waals surface area contributed by atoms with Crippen LogP contribution in [-0.4, -0.2) is 135 Å². The molecule has 2 aromatic heterocycles. The van der Waals surface area contributed by atoms with Crippen molar-refractivity contribution in [1.82, 2.24) is 57.5 Å². The highest BCUT2D eigenvalue weighted by molar-refractivity contribution is 5.98. The van der Waals surface area contributed by atoms with Crippen molar-refractivity contribution >= 4 is 58.2 Å². The Morgan fingerprint density at radius 3 is 1.73 bits per heavy atom. The van der Waals surface area contributed by atoms with Gasteiger partial charge in [-0.05, 0) is 93.8 Å². The Kier molecular flexibility index (Phi) is 22.9. The Hall–Kier alpha value is -6.39. The fourth-order valence-corrected chi connectivity index (χ4v) is 8.45. The molecule has 0 radical (unpaired) electrons. The van der Waals surface area contributed by atoms with Crippen LogP contribution in [0.4, 0.5) is 0 Å². The van der Waals surface area contributed by atoms with E-state index in [0.717, 1.165) is 22.9 Å². The number of aliphatic hydroxyl groups is 1. The molecule has 3 heterocycles. The minimum absolute atomic E-state index is 0.00758. The van der Waals surface area contributed by atoms with E-state index in [2.05, 4.69) is 57.5 Å². The largest absolute Gasteiger partial charge is 0.394 e. The lowest BCUT2D eigenvalue weighted by Crippen LogP contribution is -2.61. The monoisotopic (exact) mass is 992 g/mol. The number of benzene rings is 1. The molecule has 71 heavy (non-hydrogen) atoms. The topological polar surface area (TPSA) is 350 Å². The van der Waals surface area contributed by atoms with Crippen LogP contribution in [-0.2, 0) is 51.2 Å². The molecule has 1 fully saturated rings. The Morgan fingerprint density at radius 2 is 1.18 bits per heavy atom. The fourth-order valence-electron chi connectivity index (χ4n) is 8.45. The maximum Gasteiger partial charge on any atom is 0.245 e. The number of imidazole rings is 1. The Bertz CT molecular complexity index is 2220. The fraction of sp³-hybridized carbons (Fsp3) is 0.612. The first kappa shape index (κ1) is 57.2. The van der Waals surface area contributed by atoms with Crippen molar-refractivity contribution in [2.75, 3.05) is 19.7 Å². The zero-order valence-electron chi connectivity index (χ0n) is 41.9. The number of aliphatic hydroxyl groups excluding tert-OH is 1. The molecule has 0 spiro atoms. The van der Waals surface area contributed by atoms with Crippen LogP contribution < -0.4 is 54.0 Å². The summed E-state index contributed by atoms with van der Waals surface area (Å²) in [5.41, 5.74) is 13.5. The van der Waals surface area contributed by atoms with Gasteiger partial charge in [0.05, 0.1) is 19.0 Å². The first-order valence-corrected chi connectivity index (χ1v) is 24.8. The Labute approximate surface area is 415 Å². The van der Waals surface area contributed by atoms with Crippen LogP contribution in [0, 0.1) is 17.8 Å². The van der Waals surface area contributed by atoms with Crippen LogP contribution in [0.15, 0.2) is 43.0 Å². The molecular weight excluding hydrogens is 915 g/mol. The van der Waals surface area contributed by atoms with Gasteiger partial charge >= 0.3 is 0 Å². The predicted octanol–water partition coefficient (Wildman–Crippen LogP) is -0.433. The Balaban J connectivity index is 1.51. The first-order chi connectivity index (χ1) is 33.8. The average Bonchev–Trinajstić information content (AvgIpc) is 4.13. The smallest absolute Gasteiger partial charge is 0.245 e. The molecule has 22 nitrogen and oxygen atoms in total. The van der Waals surface area contributed by atoms with E-state index in [1.165, 1.54) is 12.5 Å². The van der Waals surface area contributed by atoms with Crippen molar-refractivity contribution in [3.63, 3.8) is 0 Å². The number of rotatable bonds is 30. The van der Waals surface area contributed by atoms with Crippen LogP contribution in [0.5, 0.6) is 0 Å². The van der Waals surface area contributed by atoms with Crippen LogP contribution in [0.25, 0.3) is 10.9 Å². The van der Waals surface area contributed by atoms with E-state index in [4.69, 9.17) is 11.5 Å². The molecule has 0 aliphatic carbocycles. The van der Waals surface area contributed by atoms with Gasteiger partial charge in [0.15, 0.2) is 0 Å². The number of hydrogen-bond acceptors (Lipinski definition) is 12. The van der Waals surface area contributed by atoms with Gasteiger partial charge in [-0.1, -0.05) is 59.7 Å². The Morgan fingerprint density at radius 1 is 0.662 bits per heavy atom. The molecule has 0 bridgehead atoms. The molecule has 1 aliphatic heterocycles. The van der Waals surface area contributed by atoms with Crippen molar-refractivity contribution in [1.29, 1.82) is 0 Å². The summed E-state index contributed by atoms with van der Waals surface area (Å²) in [5.74, 6) is -5.87. The predicted molar refractivity (Wildman–Crippen MR) is 266 cm³/mol. The molecule has 8 atom stereocenters. The highest BCUT2D eigenvalue weighted by atomic mass is 16.3. The standard InChI is InChI=1S/C49H77N13O9/c1-27(2)18-36(42(51)64)57-48(70)40(22-31-24-52-26-55-31)61-45(67)37(19-28(3)4)59-49(71)41(25-63)62-46(68)38(20-29(5)6)58-44(66)35(14-9-10-16-50)56-47(69)39(60-43(65)34-15-11-17-53-34)21-30-23-54-33-13-8-7-12-32(30)33/h7-8,12-13,23-24,26-29,34-41,53-54,63H,9-11,14-22,25,50H2,1-6H3,(H2,51,64)(H,52,55)(H,56,69)(H,57,70)(H,58,66)(H,59,71)(H,60,65)(H,61,67)(H,62,68)/t34-,35-,36-,37-,38-,39-,40-,41-/m0/s1. The van der Waals surface area contributed by atoms with Crippen LogP contribution in [0.2, 0.25) is 0 Å². The molecule has 0 saturated carbocycles. The van der Waals surface area contributed by atoms with E-state index < -0.39 is 96.3 Å². The van der Waals surface area contributed by atoms with Gasteiger partial charge in [0.25, 0.3) is 0 Å². The average molecular weight is 992 g/mol. The normalized spacial score (nSPS) is 16.6. The van der Waals surface area contributed by atoms with Gasteiger partial charge in [0.1, 0.15) is 42.3 Å². The number of hydrogen-bond donors (Lipinski definition) is 13. The van der Waals surface area contributed by atoms with Gasteiger partial charge in [-0.3, -0.25) is 38.4 Å². The highest BCUT2D eigenvalue weighted by Crippen LogP contribution is 2.20. The summed E-state index contributed by atoms with van der Waals surface area (Å²) in [6, 6.07) is -1.48. The maximum atomic E-state index is 14.2. The van der Waals surface area contributed by atoms with Gasteiger partial charge in [0, 0.05) is 41.8 Å². The van der Waals surface area contributed by atoms with E-state index in [1.807, 2.05) is 65.8 Å². The summed E-state index contributed by atoms with van der Waals surface area (Å²) < 4.78 is 0. The number of aromatic nitrogens is 3. The minimum Gasteiger partial charge on any atom is -0.394 e. The van der Waals surface area contributed by atoms with E-state index in [1.54, 1.807) is 6.20 Å². The quantitative estimate of drug-likeness (QED) is 0.0379. The van der Waals surface area contributed by atoms with E-state index in [-0.39, 0.29) is 62.2 Å². The number of nitrogens with zero attached hydrogens (tertiary/aromatic N) is 1.